The molecule has 3 heteroatoms. The van der Waals surface area contributed by atoms with Gasteiger partial charge >= 0.3 is 0 Å². The summed E-state index contributed by atoms with van der Waals surface area (Å²) < 4.78 is 11.2. The molecule has 0 fully saturated rings. The minimum atomic E-state index is -0.482. The topological polar surface area (TPSA) is 38.7 Å². The van der Waals surface area contributed by atoms with Crippen LogP contribution in [0.4, 0.5) is 0 Å². The van der Waals surface area contributed by atoms with Crippen LogP contribution in [-0.4, -0.2) is 12.2 Å². The Balaban J connectivity index is 1.88. The van der Waals surface area contributed by atoms with Crippen molar-refractivity contribution in [2.45, 2.75) is 32.2 Å². The van der Waals surface area contributed by atoms with Crippen LogP contribution in [0.5, 0.6) is 5.75 Å². The maximum atomic E-state index is 10.4. The monoisotopic (exact) mass is 284 g/mol. The first-order valence-electron chi connectivity index (χ1n) is 7.20. The van der Waals surface area contributed by atoms with E-state index in [-0.39, 0.29) is 6.10 Å². The number of ether oxygens (including phenoxy) is 2. The maximum absolute atomic E-state index is 10.4. The zero-order chi connectivity index (χ0) is 14.8. The van der Waals surface area contributed by atoms with E-state index in [2.05, 4.69) is 6.07 Å². The number of hydrogen-bond acceptors (Lipinski definition) is 3. The molecule has 2 atom stereocenters. The van der Waals surface area contributed by atoms with Crippen LogP contribution in [0.15, 0.2) is 42.5 Å². The number of aliphatic hydroxyl groups excluding tert-OH is 1. The van der Waals surface area contributed by atoms with Gasteiger partial charge in [0.2, 0.25) is 0 Å². The van der Waals surface area contributed by atoms with Gasteiger partial charge in [0.15, 0.2) is 0 Å². The van der Waals surface area contributed by atoms with Gasteiger partial charge in [-0.1, -0.05) is 29.8 Å². The molecule has 1 heterocycles. The Morgan fingerprint density at radius 3 is 2.90 bits per heavy atom. The molecular weight excluding hydrogens is 264 g/mol. The first-order valence-corrected chi connectivity index (χ1v) is 7.20. The van der Waals surface area contributed by atoms with Gasteiger partial charge in [0.05, 0.1) is 12.7 Å². The minimum absolute atomic E-state index is 0.119. The zero-order valence-corrected chi connectivity index (χ0v) is 12.4. The first kappa shape index (κ1) is 14.1. The average molecular weight is 284 g/mol. The smallest absolute Gasteiger partial charge is 0.127 e. The molecule has 0 spiro atoms. The highest BCUT2D eigenvalue weighted by atomic mass is 16.5. The highest BCUT2D eigenvalue weighted by molar-refractivity contribution is 5.41. The Morgan fingerprint density at radius 2 is 2.10 bits per heavy atom. The summed E-state index contributed by atoms with van der Waals surface area (Å²) in [5, 5.41) is 10.4. The van der Waals surface area contributed by atoms with Crippen LogP contribution in [0, 0.1) is 6.92 Å². The molecule has 21 heavy (non-hydrogen) atoms. The second kappa shape index (κ2) is 5.88. The van der Waals surface area contributed by atoms with E-state index in [1.165, 1.54) is 0 Å². The molecule has 110 valence electrons. The van der Waals surface area contributed by atoms with E-state index in [4.69, 9.17) is 9.47 Å². The molecule has 3 nitrogen and oxygen atoms in total. The van der Waals surface area contributed by atoms with Gasteiger partial charge in [0.25, 0.3) is 0 Å². The van der Waals surface area contributed by atoms with E-state index in [0.29, 0.717) is 13.0 Å². The van der Waals surface area contributed by atoms with E-state index in [9.17, 15) is 5.11 Å². The lowest BCUT2D eigenvalue weighted by Crippen LogP contribution is -2.19. The Morgan fingerprint density at radius 1 is 1.24 bits per heavy atom. The quantitative estimate of drug-likeness (QED) is 0.934. The summed E-state index contributed by atoms with van der Waals surface area (Å²) in [6.07, 6.45) is -0.0240. The fourth-order valence-electron chi connectivity index (χ4n) is 2.82. The van der Waals surface area contributed by atoms with Gasteiger partial charge in [0.1, 0.15) is 11.9 Å². The summed E-state index contributed by atoms with van der Waals surface area (Å²) in [4.78, 5) is 0. The van der Waals surface area contributed by atoms with Gasteiger partial charge in [0, 0.05) is 19.1 Å². The van der Waals surface area contributed by atoms with Gasteiger partial charge in [-0.05, 0) is 36.2 Å². The van der Waals surface area contributed by atoms with Crippen molar-refractivity contribution in [1.29, 1.82) is 0 Å². The number of rotatable bonds is 3. The first-order chi connectivity index (χ1) is 10.2. The van der Waals surface area contributed by atoms with E-state index < -0.39 is 6.10 Å². The fourth-order valence-corrected chi connectivity index (χ4v) is 2.82. The molecule has 2 aromatic rings. The Bertz CT molecular complexity index is 636. The molecule has 0 bridgehead atoms. The summed E-state index contributed by atoms with van der Waals surface area (Å²) in [7, 11) is 1.69. The third-order valence-corrected chi connectivity index (χ3v) is 3.86. The lowest BCUT2D eigenvalue weighted by Gasteiger charge is -2.30. The molecule has 3 rings (SSSR count). The predicted octanol–water partition coefficient (Wildman–Crippen LogP) is 3.70. The summed E-state index contributed by atoms with van der Waals surface area (Å²) >= 11 is 0. The predicted molar refractivity (Wildman–Crippen MR) is 81.3 cm³/mol. The third-order valence-electron chi connectivity index (χ3n) is 3.86. The highest BCUT2D eigenvalue weighted by Gasteiger charge is 2.28. The Labute approximate surface area is 125 Å². The molecule has 0 radical (unpaired) electrons. The number of fused-ring (bicyclic) bond motifs is 1. The summed E-state index contributed by atoms with van der Waals surface area (Å²) in [6, 6.07) is 14.1. The van der Waals surface area contributed by atoms with E-state index in [0.717, 1.165) is 28.0 Å². The molecule has 2 aromatic carbocycles. The van der Waals surface area contributed by atoms with Crippen molar-refractivity contribution in [2.24, 2.45) is 0 Å². The second-order valence-corrected chi connectivity index (χ2v) is 5.58. The molecule has 1 aliphatic rings. The molecule has 1 N–H and O–H groups in total. The van der Waals surface area contributed by atoms with Gasteiger partial charge in [-0.25, -0.2) is 0 Å². The lowest BCUT2D eigenvalue weighted by molar-refractivity contribution is 0.0655. The molecule has 0 saturated carbocycles. The molecule has 0 aliphatic carbocycles. The zero-order valence-electron chi connectivity index (χ0n) is 12.4. The lowest BCUT2D eigenvalue weighted by atomic mass is 9.93. The van der Waals surface area contributed by atoms with Crippen LogP contribution < -0.4 is 4.74 Å². The average Bonchev–Trinajstić information content (AvgIpc) is 2.48. The van der Waals surface area contributed by atoms with Gasteiger partial charge in [-0.2, -0.15) is 0 Å². The van der Waals surface area contributed by atoms with Crippen molar-refractivity contribution in [3.05, 3.63) is 64.7 Å². The SMILES string of the molecule is COCc1cccc(C2CC(O)c3cc(C)ccc3O2)c1. The van der Waals surface area contributed by atoms with Crippen LogP contribution in [0.3, 0.4) is 0 Å². The number of methoxy groups -OCH3 is 1. The van der Waals surface area contributed by atoms with Crippen molar-refractivity contribution in [3.8, 4) is 5.75 Å². The van der Waals surface area contributed by atoms with E-state index >= 15 is 0 Å². The maximum Gasteiger partial charge on any atom is 0.127 e. The number of benzene rings is 2. The third kappa shape index (κ3) is 2.94. The van der Waals surface area contributed by atoms with Crippen molar-refractivity contribution in [2.75, 3.05) is 7.11 Å². The molecule has 0 aromatic heterocycles. The normalized spacial score (nSPS) is 20.7. The van der Waals surface area contributed by atoms with Gasteiger partial charge < -0.3 is 14.6 Å². The van der Waals surface area contributed by atoms with Gasteiger partial charge in [-0.3, -0.25) is 0 Å². The van der Waals surface area contributed by atoms with E-state index in [1.54, 1.807) is 7.11 Å². The van der Waals surface area contributed by atoms with Crippen molar-refractivity contribution < 1.29 is 14.6 Å². The Kier molecular flexibility index (Phi) is 3.95. The van der Waals surface area contributed by atoms with E-state index in [1.807, 2.05) is 43.3 Å². The summed E-state index contributed by atoms with van der Waals surface area (Å²) in [5.74, 6) is 0.779. The molecule has 0 saturated heterocycles. The van der Waals surface area contributed by atoms with Crippen LogP contribution in [0.25, 0.3) is 0 Å². The van der Waals surface area contributed by atoms with Crippen LogP contribution in [0.2, 0.25) is 0 Å². The Hall–Kier alpha value is -1.84. The van der Waals surface area contributed by atoms with Crippen molar-refractivity contribution in [3.63, 3.8) is 0 Å². The minimum Gasteiger partial charge on any atom is -0.485 e. The molecule has 2 unspecified atom stereocenters. The second-order valence-electron chi connectivity index (χ2n) is 5.58. The van der Waals surface area contributed by atoms with Crippen molar-refractivity contribution >= 4 is 0 Å². The van der Waals surface area contributed by atoms with Crippen molar-refractivity contribution in [1.82, 2.24) is 0 Å². The fraction of sp³-hybridized carbons (Fsp3) is 0.333. The standard InChI is InChI=1S/C18H20O3/c1-12-6-7-17-15(8-12)16(19)10-18(21-17)14-5-3-4-13(9-14)11-20-2/h3-9,16,18-19H,10-11H2,1-2H3. The molecule has 1 aliphatic heterocycles. The van der Waals surface area contributed by atoms with Gasteiger partial charge in [-0.15, -0.1) is 0 Å². The number of hydrogen-bond donors (Lipinski definition) is 1. The molecule has 0 amide bonds. The number of aryl methyl sites for hydroxylation is 1. The largest absolute Gasteiger partial charge is 0.485 e. The number of aliphatic hydroxyl groups is 1. The van der Waals surface area contributed by atoms with Crippen LogP contribution in [-0.2, 0) is 11.3 Å². The highest BCUT2D eigenvalue weighted by Crippen LogP contribution is 2.41. The van der Waals surface area contributed by atoms with Crippen LogP contribution >= 0.6 is 0 Å². The van der Waals surface area contributed by atoms with Crippen LogP contribution in [0.1, 0.15) is 40.9 Å². The summed E-state index contributed by atoms with van der Waals surface area (Å²) in [5.41, 5.74) is 4.22. The molecular formula is C18H20O3. The summed E-state index contributed by atoms with van der Waals surface area (Å²) in [6.45, 7) is 2.60.